The van der Waals surface area contributed by atoms with E-state index < -0.39 is 5.41 Å². The number of carbonyl (C=O) groups is 2. The van der Waals surface area contributed by atoms with Crippen LogP contribution in [0.25, 0.3) is 10.8 Å². The van der Waals surface area contributed by atoms with E-state index in [1.54, 1.807) is 18.9 Å². The molecule has 0 bridgehead atoms. The number of methoxy groups -OCH3 is 1. The molecule has 3 aromatic rings. The lowest BCUT2D eigenvalue weighted by atomic mass is 9.80. The number of hydrogen-bond donors (Lipinski definition) is 0. The quantitative estimate of drug-likeness (QED) is 0.510. The summed E-state index contributed by atoms with van der Waals surface area (Å²) >= 11 is 0. The van der Waals surface area contributed by atoms with E-state index in [4.69, 9.17) is 4.74 Å². The van der Waals surface area contributed by atoms with Crippen LogP contribution in [0.3, 0.4) is 0 Å². The summed E-state index contributed by atoms with van der Waals surface area (Å²) in [7, 11) is 1.58. The lowest BCUT2D eigenvalue weighted by Gasteiger charge is -2.23. The minimum atomic E-state index is -1.07. The summed E-state index contributed by atoms with van der Waals surface area (Å²) in [5.74, 6) is 0.328. The van der Waals surface area contributed by atoms with Gasteiger partial charge in [0.05, 0.1) is 12.8 Å². The van der Waals surface area contributed by atoms with Crippen molar-refractivity contribution >= 4 is 28.2 Å². The topological polar surface area (TPSA) is 46.6 Å². The van der Waals surface area contributed by atoms with Crippen LogP contribution in [0.2, 0.25) is 0 Å². The first-order chi connectivity index (χ1) is 13.0. The average Bonchev–Trinajstić information content (AvgIpc) is 3.02. The normalized spacial score (nSPS) is 19.5. The van der Waals surface area contributed by atoms with Crippen LogP contribution < -0.4 is 9.64 Å². The van der Waals surface area contributed by atoms with Gasteiger partial charge in [-0.3, -0.25) is 9.59 Å². The first-order valence-corrected chi connectivity index (χ1v) is 9.03. The van der Waals surface area contributed by atoms with Gasteiger partial charge < -0.3 is 9.64 Å². The fourth-order valence-corrected chi connectivity index (χ4v) is 3.78. The highest BCUT2D eigenvalue weighted by Crippen LogP contribution is 2.40. The Bertz CT molecular complexity index is 1040. The summed E-state index contributed by atoms with van der Waals surface area (Å²) in [6, 6.07) is 20.9. The average molecular weight is 359 g/mol. The Hall–Kier alpha value is -3.14. The van der Waals surface area contributed by atoms with E-state index in [2.05, 4.69) is 0 Å². The minimum Gasteiger partial charge on any atom is -0.495 e. The third-order valence-electron chi connectivity index (χ3n) is 5.44. The van der Waals surface area contributed by atoms with Crippen molar-refractivity contribution in [3.05, 3.63) is 72.3 Å². The molecule has 1 heterocycles. The SMILES string of the molecule is COc1ccccc1N1CC[C@@](C)(C(=O)c2ccc3ccccc3c2)C1=O. The number of Topliss-reactive ketones (excluding diaryl/α,β-unsaturated/α-hetero) is 1. The zero-order valence-corrected chi connectivity index (χ0v) is 15.4. The van der Waals surface area contributed by atoms with E-state index >= 15 is 0 Å². The van der Waals surface area contributed by atoms with E-state index in [0.717, 1.165) is 10.8 Å². The molecule has 1 aliphatic heterocycles. The first kappa shape index (κ1) is 17.3. The van der Waals surface area contributed by atoms with Gasteiger partial charge in [-0.1, -0.05) is 48.5 Å². The monoisotopic (exact) mass is 359 g/mol. The third kappa shape index (κ3) is 2.78. The maximum atomic E-state index is 13.3. The van der Waals surface area contributed by atoms with Crippen molar-refractivity contribution in [1.82, 2.24) is 0 Å². The van der Waals surface area contributed by atoms with Crippen molar-refractivity contribution in [2.45, 2.75) is 13.3 Å². The van der Waals surface area contributed by atoms with E-state index in [0.29, 0.717) is 30.0 Å². The fraction of sp³-hybridized carbons (Fsp3) is 0.217. The molecule has 27 heavy (non-hydrogen) atoms. The van der Waals surface area contributed by atoms with Gasteiger partial charge in [0.25, 0.3) is 0 Å². The second-order valence-electron chi connectivity index (χ2n) is 7.10. The molecule has 0 radical (unpaired) electrons. The molecule has 0 unspecified atom stereocenters. The van der Waals surface area contributed by atoms with E-state index in [1.807, 2.05) is 66.7 Å². The number of hydrogen-bond acceptors (Lipinski definition) is 3. The Morgan fingerprint density at radius 3 is 2.48 bits per heavy atom. The van der Waals surface area contributed by atoms with Crippen LogP contribution in [0.4, 0.5) is 5.69 Å². The van der Waals surface area contributed by atoms with Gasteiger partial charge >= 0.3 is 0 Å². The van der Waals surface area contributed by atoms with Gasteiger partial charge in [-0.25, -0.2) is 0 Å². The molecule has 4 nitrogen and oxygen atoms in total. The van der Waals surface area contributed by atoms with E-state index in [9.17, 15) is 9.59 Å². The van der Waals surface area contributed by atoms with Crippen LogP contribution in [0, 0.1) is 5.41 Å². The van der Waals surface area contributed by atoms with Crippen molar-refractivity contribution in [3.63, 3.8) is 0 Å². The predicted octanol–water partition coefficient (Wildman–Crippen LogP) is 4.47. The molecule has 4 heteroatoms. The summed E-state index contributed by atoms with van der Waals surface area (Å²) in [5, 5.41) is 2.08. The second-order valence-corrected chi connectivity index (χ2v) is 7.10. The maximum Gasteiger partial charge on any atom is 0.240 e. The van der Waals surface area contributed by atoms with Crippen molar-refractivity contribution in [3.8, 4) is 5.75 Å². The number of fused-ring (bicyclic) bond motifs is 1. The minimum absolute atomic E-state index is 0.129. The van der Waals surface area contributed by atoms with Crippen molar-refractivity contribution in [2.75, 3.05) is 18.6 Å². The van der Waals surface area contributed by atoms with Crippen molar-refractivity contribution in [1.29, 1.82) is 0 Å². The van der Waals surface area contributed by atoms with E-state index in [1.165, 1.54) is 0 Å². The van der Waals surface area contributed by atoms with Crippen LogP contribution in [-0.4, -0.2) is 25.3 Å². The summed E-state index contributed by atoms with van der Waals surface area (Å²) in [6.45, 7) is 2.25. The Balaban J connectivity index is 1.68. The highest BCUT2D eigenvalue weighted by molar-refractivity contribution is 6.20. The molecule has 0 spiro atoms. The molecule has 0 aliphatic carbocycles. The summed E-state index contributed by atoms with van der Waals surface area (Å²) in [4.78, 5) is 28.2. The number of rotatable bonds is 4. The molecule has 0 N–H and O–H groups in total. The maximum absolute atomic E-state index is 13.3. The van der Waals surface area contributed by atoms with Crippen molar-refractivity contribution in [2.24, 2.45) is 5.41 Å². The number of benzene rings is 3. The molecule has 0 saturated carbocycles. The summed E-state index contributed by atoms with van der Waals surface area (Å²) in [5.41, 5.74) is 0.218. The highest BCUT2D eigenvalue weighted by atomic mass is 16.5. The third-order valence-corrected chi connectivity index (χ3v) is 5.44. The number of nitrogens with zero attached hydrogens (tertiary/aromatic N) is 1. The van der Waals surface area contributed by atoms with Gasteiger partial charge in [0, 0.05) is 12.1 Å². The Morgan fingerprint density at radius 2 is 1.70 bits per heavy atom. The van der Waals surface area contributed by atoms with Crippen LogP contribution in [0.1, 0.15) is 23.7 Å². The number of carbonyl (C=O) groups excluding carboxylic acids is 2. The molecule has 1 atom stereocenters. The number of ketones is 1. The van der Waals surface area contributed by atoms with Gasteiger partial charge in [-0.05, 0) is 42.3 Å². The summed E-state index contributed by atoms with van der Waals surface area (Å²) in [6.07, 6.45) is 0.482. The number of amides is 1. The molecule has 1 amide bonds. The Morgan fingerprint density at radius 1 is 1.00 bits per heavy atom. The van der Waals surface area contributed by atoms with Gasteiger partial charge in [0.15, 0.2) is 5.78 Å². The largest absolute Gasteiger partial charge is 0.495 e. The van der Waals surface area contributed by atoms with E-state index in [-0.39, 0.29) is 11.7 Å². The molecule has 4 rings (SSSR count). The second kappa shape index (κ2) is 6.54. The van der Waals surface area contributed by atoms with Gasteiger partial charge in [0.2, 0.25) is 5.91 Å². The van der Waals surface area contributed by atoms with Crippen LogP contribution in [0.15, 0.2) is 66.7 Å². The molecular weight excluding hydrogens is 338 g/mol. The fourth-order valence-electron chi connectivity index (χ4n) is 3.78. The Kier molecular flexibility index (Phi) is 4.19. The van der Waals surface area contributed by atoms with Crippen LogP contribution in [-0.2, 0) is 4.79 Å². The zero-order chi connectivity index (χ0) is 19.0. The van der Waals surface area contributed by atoms with Crippen LogP contribution in [0.5, 0.6) is 5.75 Å². The zero-order valence-electron chi connectivity index (χ0n) is 15.4. The van der Waals surface area contributed by atoms with Gasteiger partial charge in [-0.15, -0.1) is 0 Å². The lowest BCUT2D eigenvalue weighted by molar-refractivity contribution is -0.122. The highest BCUT2D eigenvalue weighted by Gasteiger charge is 2.49. The predicted molar refractivity (Wildman–Crippen MR) is 106 cm³/mol. The molecule has 0 aromatic heterocycles. The standard InChI is InChI=1S/C23H21NO3/c1-23(21(25)18-12-11-16-7-3-4-8-17(16)15-18)13-14-24(22(23)26)19-9-5-6-10-20(19)27-2/h3-12,15H,13-14H2,1-2H3/t23-/m0/s1. The molecule has 1 fully saturated rings. The molecular formula is C23H21NO3. The smallest absolute Gasteiger partial charge is 0.240 e. The molecule has 1 saturated heterocycles. The van der Waals surface area contributed by atoms with Crippen molar-refractivity contribution < 1.29 is 14.3 Å². The molecule has 136 valence electrons. The number of anilines is 1. The summed E-state index contributed by atoms with van der Waals surface area (Å²) < 4.78 is 5.39. The van der Waals surface area contributed by atoms with Crippen LogP contribution >= 0.6 is 0 Å². The van der Waals surface area contributed by atoms with Gasteiger partial charge in [0.1, 0.15) is 11.2 Å². The molecule has 1 aliphatic rings. The lowest BCUT2D eigenvalue weighted by Crippen LogP contribution is -2.38. The first-order valence-electron chi connectivity index (χ1n) is 9.03. The number of para-hydroxylation sites is 2. The Labute approximate surface area is 158 Å². The van der Waals surface area contributed by atoms with Gasteiger partial charge in [-0.2, -0.15) is 0 Å². The molecule has 3 aromatic carbocycles. The number of ether oxygens (including phenoxy) is 1.